The lowest BCUT2D eigenvalue weighted by molar-refractivity contribution is 0.106. The van der Waals surface area contributed by atoms with E-state index in [1.54, 1.807) is 32.4 Å². The van der Waals surface area contributed by atoms with Gasteiger partial charge >= 0.3 is 0 Å². The summed E-state index contributed by atoms with van der Waals surface area (Å²) < 4.78 is 11.6. The average Bonchev–Trinajstić information content (AvgIpc) is 3.06. The highest BCUT2D eigenvalue weighted by molar-refractivity contribution is 7.07. The molecular weight excluding hydrogens is 398 g/mol. The minimum absolute atomic E-state index is 0.0253. The highest BCUT2D eigenvalue weighted by Gasteiger charge is 2.14. The lowest BCUT2D eigenvalue weighted by atomic mass is 9.86. The van der Waals surface area contributed by atoms with Crippen LogP contribution in [0.4, 0.5) is 0 Å². The monoisotopic (exact) mass is 423 g/mol. The van der Waals surface area contributed by atoms with Gasteiger partial charge in [-0.05, 0) is 29.2 Å². The van der Waals surface area contributed by atoms with Crippen molar-refractivity contribution in [3.05, 3.63) is 78.7 Å². The van der Waals surface area contributed by atoms with Gasteiger partial charge in [0.25, 0.3) is 5.56 Å². The number of Topliss-reactive ketones (excluding diaryl/α,β-unsaturated/α-hetero) is 1. The van der Waals surface area contributed by atoms with Gasteiger partial charge in [-0.1, -0.05) is 45.0 Å². The number of aromatic nitrogens is 1. The third-order valence-corrected chi connectivity index (χ3v) is 5.67. The largest absolute Gasteiger partial charge is 0.497 e. The minimum atomic E-state index is -0.250. The third-order valence-electron chi connectivity index (χ3n) is 4.71. The van der Waals surface area contributed by atoms with Crippen LogP contribution in [0.1, 0.15) is 42.3 Å². The van der Waals surface area contributed by atoms with E-state index in [1.165, 1.54) is 17.4 Å². The van der Waals surface area contributed by atoms with E-state index < -0.39 is 0 Å². The third kappa shape index (κ3) is 4.89. The number of hydrogen-bond acceptors (Lipinski definition) is 5. The topological polar surface area (TPSA) is 68.4 Å². The first-order valence-electron chi connectivity index (χ1n) is 9.51. The predicted octanol–water partition coefficient (Wildman–Crippen LogP) is 3.24. The highest BCUT2D eigenvalue weighted by atomic mass is 32.1. The Kier molecular flexibility index (Phi) is 6.27. The number of aromatic amines is 1. The van der Waals surface area contributed by atoms with Crippen LogP contribution in [-0.4, -0.2) is 25.0 Å². The molecule has 3 aromatic rings. The maximum absolute atomic E-state index is 12.6. The number of rotatable bonds is 5. The molecular formula is C24H25NO4S. The smallest absolute Gasteiger partial charge is 0.266 e. The molecule has 156 valence electrons. The van der Waals surface area contributed by atoms with Gasteiger partial charge in [-0.3, -0.25) is 9.59 Å². The fourth-order valence-corrected chi connectivity index (χ4v) is 3.82. The maximum Gasteiger partial charge on any atom is 0.266 e. The summed E-state index contributed by atoms with van der Waals surface area (Å²) in [4.78, 5) is 27.7. The van der Waals surface area contributed by atoms with Gasteiger partial charge in [-0.25, -0.2) is 0 Å². The first-order chi connectivity index (χ1) is 14.2. The molecule has 0 saturated carbocycles. The molecule has 1 N–H and O–H groups in total. The fourth-order valence-electron chi connectivity index (χ4n) is 2.94. The van der Waals surface area contributed by atoms with Crippen molar-refractivity contribution in [1.29, 1.82) is 0 Å². The highest BCUT2D eigenvalue weighted by Crippen LogP contribution is 2.25. The number of hydrogen-bond donors (Lipinski definition) is 1. The molecule has 0 fully saturated rings. The van der Waals surface area contributed by atoms with Crippen LogP contribution in [0.5, 0.6) is 11.5 Å². The van der Waals surface area contributed by atoms with E-state index in [0.29, 0.717) is 26.3 Å². The summed E-state index contributed by atoms with van der Waals surface area (Å²) in [5.74, 6) is 1.12. The Bertz CT molecular complexity index is 1230. The van der Waals surface area contributed by atoms with E-state index in [4.69, 9.17) is 9.47 Å². The second-order valence-electron chi connectivity index (χ2n) is 7.87. The van der Waals surface area contributed by atoms with Crippen LogP contribution in [-0.2, 0) is 5.41 Å². The predicted molar refractivity (Wildman–Crippen MR) is 121 cm³/mol. The second kappa shape index (κ2) is 8.71. The van der Waals surface area contributed by atoms with Crippen molar-refractivity contribution in [2.75, 3.05) is 14.2 Å². The van der Waals surface area contributed by atoms with Crippen molar-refractivity contribution in [3.63, 3.8) is 0 Å². The Morgan fingerprint density at radius 2 is 1.73 bits per heavy atom. The average molecular weight is 424 g/mol. The number of ketones is 1. The molecule has 5 nitrogen and oxygen atoms in total. The molecule has 0 atom stereocenters. The Morgan fingerprint density at radius 1 is 1.03 bits per heavy atom. The molecule has 1 heterocycles. The van der Waals surface area contributed by atoms with E-state index >= 15 is 0 Å². The van der Waals surface area contributed by atoms with Crippen LogP contribution in [0.25, 0.3) is 12.2 Å². The van der Waals surface area contributed by atoms with Crippen molar-refractivity contribution in [1.82, 2.24) is 4.98 Å². The summed E-state index contributed by atoms with van der Waals surface area (Å²) in [7, 11) is 3.14. The quantitative estimate of drug-likeness (QED) is 0.640. The van der Waals surface area contributed by atoms with Crippen molar-refractivity contribution in [2.24, 2.45) is 0 Å². The number of H-pyrrole nitrogens is 1. The molecule has 0 saturated heterocycles. The second-order valence-corrected chi connectivity index (χ2v) is 8.96. The molecule has 30 heavy (non-hydrogen) atoms. The summed E-state index contributed by atoms with van der Waals surface area (Å²) in [6.07, 6.45) is 3.20. The summed E-state index contributed by atoms with van der Waals surface area (Å²) in [6, 6.07) is 12.9. The van der Waals surface area contributed by atoms with Gasteiger partial charge in [0, 0.05) is 23.3 Å². The van der Waals surface area contributed by atoms with Crippen LogP contribution < -0.4 is 24.2 Å². The summed E-state index contributed by atoms with van der Waals surface area (Å²) >= 11 is 1.23. The molecule has 3 rings (SSSR count). The van der Waals surface area contributed by atoms with Gasteiger partial charge in [0.2, 0.25) is 0 Å². The molecule has 2 aromatic carbocycles. The van der Waals surface area contributed by atoms with Gasteiger partial charge in [0.1, 0.15) is 11.5 Å². The van der Waals surface area contributed by atoms with Crippen molar-refractivity contribution < 1.29 is 14.3 Å². The Hall–Kier alpha value is -3.12. The van der Waals surface area contributed by atoms with Gasteiger partial charge < -0.3 is 14.5 Å². The number of ether oxygens (including phenoxy) is 2. The minimum Gasteiger partial charge on any atom is -0.497 e. The number of thiazole rings is 1. The van der Waals surface area contributed by atoms with Gasteiger partial charge in [-0.15, -0.1) is 11.3 Å². The molecule has 0 unspecified atom stereocenters. The van der Waals surface area contributed by atoms with Crippen LogP contribution in [0, 0.1) is 0 Å². The summed E-state index contributed by atoms with van der Waals surface area (Å²) in [5.41, 5.74) is 2.27. The number of nitrogens with one attached hydrogen (secondary N) is 1. The summed E-state index contributed by atoms with van der Waals surface area (Å²) in [5, 5.41) is 0. The Morgan fingerprint density at radius 3 is 2.33 bits per heavy atom. The van der Waals surface area contributed by atoms with E-state index in [2.05, 4.69) is 25.8 Å². The molecule has 0 amide bonds. The molecule has 6 heteroatoms. The molecule has 0 radical (unpaired) electrons. The Labute approximate surface area is 179 Å². The van der Waals surface area contributed by atoms with Crippen LogP contribution in [0.15, 0.2) is 47.3 Å². The number of benzene rings is 2. The van der Waals surface area contributed by atoms with Crippen LogP contribution in [0.3, 0.4) is 0 Å². The van der Waals surface area contributed by atoms with Crippen molar-refractivity contribution >= 4 is 29.3 Å². The first kappa shape index (κ1) is 21.6. The fraction of sp³-hybridized carbons (Fsp3) is 0.250. The normalized spacial score (nSPS) is 12.8. The zero-order valence-electron chi connectivity index (χ0n) is 17.7. The molecule has 0 aliphatic carbocycles. The molecule has 1 aromatic heterocycles. The lowest BCUT2D eigenvalue weighted by Crippen LogP contribution is -2.20. The Balaban J connectivity index is 1.94. The molecule has 0 spiro atoms. The van der Waals surface area contributed by atoms with Gasteiger partial charge in [0.15, 0.2) is 5.78 Å². The lowest BCUT2D eigenvalue weighted by Gasteiger charge is -2.18. The van der Waals surface area contributed by atoms with Gasteiger partial charge in [0.05, 0.1) is 23.4 Å². The number of methoxy groups -OCH3 is 2. The van der Waals surface area contributed by atoms with Crippen molar-refractivity contribution in [2.45, 2.75) is 26.2 Å². The van der Waals surface area contributed by atoms with E-state index in [9.17, 15) is 9.59 Å². The standard InChI is InChI=1S/C24H25NO4S/c1-24(2,3)17-9-6-15(7-10-17)19(26)14-22-25-23(27)21(30-22)12-16-8-11-18(28-4)13-20(16)29-5/h6-14H,1-5H3,(H,25,27)/b21-12-,22-14-. The van der Waals surface area contributed by atoms with E-state index in [0.717, 1.165) is 11.1 Å². The molecule has 0 aliphatic heterocycles. The zero-order chi connectivity index (χ0) is 21.9. The van der Waals surface area contributed by atoms with E-state index in [1.807, 2.05) is 30.3 Å². The van der Waals surface area contributed by atoms with Gasteiger partial charge in [-0.2, -0.15) is 0 Å². The van der Waals surface area contributed by atoms with Crippen LogP contribution in [0.2, 0.25) is 0 Å². The SMILES string of the molecule is COc1ccc(/C=c2\s/c(=C\C(=O)c3ccc(C(C)(C)C)cc3)[nH]c2=O)c(OC)c1. The zero-order valence-corrected chi connectivity index (χ0v) is 18.6. The number of carbonyl (C=O) groups is 1. The first-order valence-corrected chi connectivity index (χ1v) is 10.3. The van der Waals surface area contributed by atoms with Crippen molar-refractivity contribution in [3.8, 4) is 11.5 Å². The summed E-state index contributed by atoms with van der Waals surface area (Å²) in [6.45, 7) is 6.38. The maximum atomic E-state index is 12.6. The van der Waals surface area contributed by atoms with Crippen LogP contribution >= 0.6 is 11.3 Å². The molecule has 0 bridgehead atoms. The molecule has 0 aliphatic rings. The number of carbonyl (C=O) groups excluding carboxylic acids is 1. The van der Waals surface area contributed by atoms with E-state index in [-0.39, 0.29) is 16.8 Å².